The van der Waals surface area contributed by atoms with Gasteiger partial charge in [0, 0.05) is 41.7 Å². The van der Waals surface area contributed by atoms with Crippen LogP contribution in [-0.4, -0.2) is 115 Å². The van der Waals surface area contributed by atoms with E-state index in [1.54, 1.807) is 12.3 Å². The Kier molecular flexibility index (Phi) is 17.2. The number of terminal acetylenes is 1. The highest BCUT2D eigenvalue weighted by molar-refractivity contribution is 6.04. The smallest absolute Gasteiger partial charge is 0.378 e. The molecule has 1 amide bonds. The summed E-state index contributed by atoms with van der Waals surface area (Å²) in [6.07, 6.45) is 3.72. The predicted molar refractivity (Wildman–Crippen MR) is 187 cm³/mol. The largest absolute Gasteiger partial charge is 0.416 e. The van der Waals surface area contributed by atoms with E-state index < -0.39 is 17.6 Å². The maximum Gasteiger partial charge on any atom is 0.416 e. The molecule has 3 aromatic rings. The number of benzene rings is 1. The number of halogens is 3. The molecule has 0 radical (unpaired) electrons. The zero-order chi connectivity index (χ0) is 37.0. The number of nitrogens with one attached hydrogen (secondary N) is 1. The average Bonchev–Trinajstić information content (AvgIpc) is 3.15. The molecule has 2 aromatic heterocycles. The summed E-state index contributed by atoms with van der Waals surface area (Å²) in [7, 11) is 0. The van der Waals surface area contributed by atoms with Gasteiger partial charge >= 0.3 is 6.18 Å². The number of pyridine rings is 2. The van der Waals surface area contributed by atoms with Crippen LogP contribution in [0.2, 0.25) is 0 Å². The summed E-state index contributed by atoms with van der Waals surface area (Å²) in [5, 5.41) is 2.67. The number of anilines is 2. The summed E-state index contributed by atoms with van der Waals surface area (Å²) in [4.78, 5) is 24.2. The third-order valence-corrected chi connectivity index (χ3v) is 7.69. The Balaban J connectivity index is 1.23. The highest BCUT2D eigenvalue weighted by Gasteiger charge is 2.31. The van der Waals surface area contributed by atoms with E-state index in [-0.39, 0.29) is 18.8 Å². The van der Waals surface area contributed by atoms with E-state index in [9.17, 15) is 18.0 Å². The molecule has 0 saturated carbocycles. The van der Waals surface area contributed by atoms with Gasteiger partial charge in [0.25, 0.3) is 5.91 Å². The first-order valence-electron chi connectivity index (χ1n) is 16.9. The molecule has 0 unspecified atom stereocenters. The molecule has 1 N–H and O–H groups in total. The number of carbonyl (C=O) groups is 1. The second-order valence-corrected chi connectivity index (χ2v) is 11.4. The summed E-state index contributed by atoms with van der Waals surface area (Å²) in [5.41, 5.74) is 3.11. The molecule has 4 rings (SSSR count). The molecule has 0 spiro atoms. The number of hydrogen-bond acceptors (Lipinski definition) is 11. The highest BCUT2D eigenvalue weighted by Crippen LogP contribution is 2.32. The number of amides is 1. The number of alkyl halides is 3. The van der Waals surface area contributed by atoms with Crippen LogP contribution >= 0.6 is 0 Å². The average molecular weight is 731 g/mol. The van der Waals surface area contributed by atoms with Crippen LogP contribution in [0, 0.1) is 19.3 Å². The standard InChI is InChI=1S/C37H45F3N4O8/c1-3-9-46-12-13-48-14-15-49-16-17-50-18-19-51-20-21-52-27-34-35(44-7-10-47-11-8-44)23-30(25-42-34)33-24-32(26-41-28(33)2)43-36(45)29-5-4-6-31(22-29)37(38,39)40/h1,4-6,22-26H,7-21,27H2,2H3,(H,43,45). The Morgan fingerprint density at radius 1 is 0.865 bits per heavy atom. The van der Waals surface area contributed by atoms with E-state index in [1.807, 2.05) is 13.0 Å². The molecule has 1 saturated heterocycles. The lowest BCUT2D eigenvalue weighted by Gasteiger charge is -2.30. The van der Waals surface area contributed by atoms with E-state index >= 15 is 0 Å². The van der Waals surface area contributed by atoms with Crippen molar-refractivity contribution in [2.75, 3.05) is 109 Å². The van der Waals surface area contributed by atoms with E-state index in [0.717, 1.165) is 29.1 Å². The van der Waals surface area contributed by atoms with Crippen molar-refractivity contribution < 1.29 is 51.1 Å². The minimum absolute atomic E-state index is 0.115. The van der Waals surface area contributed by atoms with Crippen molar-refractivity contribution in [1.82, 2.24) is 9.97 Å². The lowest BCUT2D eigenvalue weighted by atomic mass is 10.0. The molecule has 1 aliphatic heterocycles. The Bertz CT molecular complexity index is 1580. The van der Waals surface area contributed by atoms with Crippen LogP contribution in [0.15, 0.2) is 48.8 Å². The van der Waals surface area contributed by atoms with Gasteiger partial charge in [-0.2, -0.15) is 13.2 Å². The first-order chi connectivity index (χ1) is 25.3. The van der Waals surface area contributed by atoms with Gasteiger partial charge in [-0.3, -0.25) is 14.8 Å². The van der Waals surface area contributed by atoms with Crippen molar-refractivity contribution in [2.45, 2.75) is 19.7 Å². The van der Waals surface area contributed by atoms with Crippen LogP contribution < -0.4 is 10.2 Å². The Hall–Kier alpha value is -4.14. The topological polar surface area (TPSA) is 123 Å². The van der Waals surface area contributed by atoms with Gasteiger partial charge in [-0.05, 0) is 37.3 Å². The van der Waals surface area contributed by atoms with E-state index in [4.69, 9.17) is 44.6 Å². The van der Waals surface area contributed by atoms with Crippen molar-refractivity contribution in [3.05, 3.63) is 71.3 Å². The summed E-state index contributed by atoms with van der Waals surface area (Å²) in [5.74, 6) is 1.71. The molecule has 0 aliphatic carbocycles. The van der Waals surface area contributed by atoms with Gasteiger partial charge in [0.05, 0.1) is 115 Å². The lowest BCUT2D eigenvalue weighted by Crippen LogP contribution is -2.37. The molecular weight excluding hydrogens is 685 g/mol. The predicted octanol–water partition coefficient (Wildman–Crippen LogP) is 4.79. The van der Waals surface area contributed by atoms with Crippen molar-refractivity contribution >= 4 is 17.3 Å². The fourth-order valence-electron chi connectivity index (χ4n) is 5.05. The maximum absolute atomic E-state index is 13.2. The van der Waals surface area contributed by atoms with Gasteiger partial charge in [0.15, 0.2) is 0 Å². The summed E-state index contributed by atoms with van der Waals surface area (Å²) >= 11 is 0. The molecule has 0 atom stereocenters. The Morgan fingerprint density at radius 2 is 1.48 bits per heavy atom. The summed E-state index contributed by atoms with van der Waals surface area (Å²) in [6.45, 7) is 9.23. The molecule has 3 heterocycles. The molecule has 52 heavy (non-hydrogen) atoms. The maximum atomic E-state index is 13.2. The molecule has 1 aromatic carbocycles. The normalized spacial score (nSPS) is 13.2. The number of carbonyl (C=O) groups excluding carboxylic acids is 1. The zero-order valence-corrected chi connectivity index (χ0v) is 29.3. The quantitative estimate of drug-likeness (QED) is 0.113. The Morgan fingerprint density at radius 3 is 2.10 bits per heavy atom. The monoisotopic (exact) mass is 730 g/mol. The van der Waals surface area contributed by atoms with Crippen LogP contribution in [0.1, 0.15) is 27.3 Å². The second-order valence-electron chi connectivity index (χ2n) is 11.4. The first kappa shape index (κ1) is 40.6. The van der Waals surface area contributed by atoms with E-state index in [1.165, 1.54) is 18.3 Å². The van der Waals surface area contributed by atoms with Gasteiger partial charge in [0.1, 0.15) is 6.61 Å². The number of aryl methyl sites for hydroxylation is 1. The number of ether oxygens (including phenoxy) is 7. The molecule has 282 valence electrons. The fourth-order valence-corrected chi connectivity index (χ4v) is 5.05. The molecular formula is C37H45F3N4O8. The van der Waals surface area contributed by atoms with E-state index in [2.05, 4.69) is 21.1 Å². The first-order valence-corrected chi connectivity index (χ1v) is 16.9. The number of hydrogen-bond donors (Lipinski definition) is 1. The van der Waals surface area contributed by atoms with Crippen molar-refractivity contribution in [3.63, 3.8) is 0 Å². The van der Waals surface area contributed by atoms with Crippen LogP contribution in [-0.2, 0) is 45.9 Å². The summed E-state index contributed by atoms with van der Waals surface area (Å²) < 4.78 is 78.1. The Labute approximate surface area is 301 Å². The van der Waals surface area contributed by atoms with Gasteiger partial charge < -0.3 is 43.4 Å². The molecule has 0 bridgehead atoms. The lowest BCUT2D eigenvalue weighted by molar-refractivity contribution is -0.137. The second kappa shape index (κ2) is 22.0. The SMILES string of the molecule is C#CCOCCOCCOCCOCCOCCOCc1ncc(-c2cc(NC(=O)c3cccc(C(F)(F)F)c3)cnc2C)cc1N1CCOCC1. The van der Waals surface area contributed by atoms with E-state index in [0.29, 0.717) is 109 Å². The van der Waals surface area contributed by atoms with Crippen molar-refractivity contribution in [3.8, 4) is 23.5 Å². The molecule has 1 fully saturated rings. The van der Waals surface area contributed by atoms with Crippen LogP contribution in [0.25, 0.3) is 11.1 Å². The third-order valence-electron chi connectivity index (χ3n) is 7.69. The van der Waals surface area contributed by atoms with Gasteiger partial charge in [-0.15, -0.1) is 6.42 Å². The molecule has 15 heteroatoms. The van der Waals surface area contributed by atoms with Crippen LogP contribution in [0.4, 0.5) is 24.5 Å². The third kappa shape index (κ3) is 13.8. The highest BCUT2D eigenvalue weighted by atomic mass is 19.4. The van der Waals surface area contributed by atoms with Crippen molar-refractivity contribution in [2.24, 2.45) is 0 Å². The molecule has 1 aliphatic rings. The number of nitrogens with zero attached hydrogens (tertiary/aromatic N) is 3. The van der Waals surface area contributed by atoms with Crippen LogP contribution in [0.3, 0.4) is 0 Å². The minimum Gasteiger partial charge on any atom is -0.378 e. The number of aromatic nitrogens is 2. The zero-order valence-electron chi connectivity index (χ0n) is 29.3. The van der Waals surface area contributed by atoms with Gasteiger partial charge in [0.2, 0.25) is 0 Å². The van der Waals surface area contributed by atoms with Gasteiger partial charge in [-0.1, -0.05) is 12.0 Å². The minimum atomic E-state index is -4.56. The summed E-state index contributed by atoms with van der Waals surface area (Å²) in [6, 6.07) is 8.00. The fraction of sp³-hybridized carbons (Fsp3) is 0.486. The number of rotatable bonds is 22. The number of morpholine rings is 1. The molecule has 12 nitrogen and oxygen atoms in total. The van der Waals surface area contributed by atoms with Gasteiger partial charge in [-0.25, -0.2) is 0 Å². The van der Waals surface area contributed by atoms with Crippen LogP contribution in [0.5, 0.6) is 0 Å². The van der Waals surface area contributed by atoms with Crippen molar-refractivity contribution in [1.29, 1.82) is 0 Å².